The van der Waals surface area contributed by atoms with Crippen LogP contribution in [0.4, 0.5) is 45.5 Å². The fourth-order valence-corrected chi connectivity index (χ4v) is 17.6. The molecule has 6 aliphatic rings. The standard InChI is InChI=1S/C65H54BN3S2/c1-62(2,3)37-28-30-38(31-29-37)69-50-36-51-45(34-43(50)64(6)32-14-15-33-65(64,69)7)66-59-48(67(51)47-23-17-27-53-56(47)41-20-10-13-26-52(41)70-53)24-16-25-49(59)68-46-22-12-9-19-40(46)57-55-39-18-8-11-21-42(39)63(4,5)44(55)35-54-58(57)60(68)61(66)71-54/h8-13,16-31,34-36H,14-15,32-33H2,1-7H3. The maximum atomic E-state index is 2.80. The van der Waals surface area contributed by atoms with Gasteiger partial charge in [-0.25, -0.2) is 0 Å². The first-order chi connectivity index (χ1) is 34.4. The average molecular weight is 952 g/mol. The Labute approximate surface area is 425 Å². The van der Waals surface area contributed by atoms with Crippen molar-refractivity contribution in [2.75, 3.05) is 14.7 Å². The van der Waals surface area contributed by atoms with Crippen molar-refractivity contribution in [1.82, 2.24) is 0 Å². The number of hydrogen-bond acceptors (Lipinski definition) is 5. The number of thiophene rings is 2. The van der Waals surface area contributed by atoms with Crippen LogP contribution in [-0.4, -0.2) is 12.3 Å². The molecule has 0 bridgehead atoms. The lowest BCUT2D eigenvalue weighted by Gasteiger charge is -2.50. The van der Waals surface area contributed by atoms with E-state index < -0.39 is 0 Å². The van der Waals surface area contributed by atoms with Crippen LogP contribution in [0.2, 0.25) is 0 Å². The maximum absolute atomic E-state index is 2.80. The molecule has 0 amide bonds. The Morgan fingerprint density at radius 3 is 2.04 bits per heavy atom. The molecule has 2 atom stereocenters. The lowest BCUT2D eigenvalue weighted by atomic mass is 9.36. The van der Waals surface area contributed by atoms with Crippen LogP contribution in [0, 0.1) is 0 Å². The number of rotatable bonds is 2. The molecule has 1 saturated carbocycles. The predicted octanol–water partition coefficient (Wildman–Crippen LogP) is 16.7. The van der Waals surface area contributed by atoms with Gasteiger partial charge < -0.3 is 14.7 Å². The summed E-state index contributed by atoms with van der Waals surface area (Å²) in [4.78, 5) is 8.19. The van der Waals surface area contributed by atoms with Crippen LogP contribution in [0.15, 0.2) is 152 Å². The molecule has 0 N–H and O–H groups in total. The van der Waals surface area contributed by atoms with E-state index in [1.54, 1.807) is 0 Å². The summed E-state index contributed by atoms with van der Waals surface area (Å²) < 4.78 is 5.52. The topological polar surface area (TPSA) is 9.72 Å². The van der Waals surface area contributed by atoms with Gasteiger partial charge in [0.1, 0.15) is 0 Å². The van der Waals surface area contributed by atoms with Gasteiger partial charge >= 0.3 is 0 Å². The van der Waals surface area contributed by atoms with E-state index in [4.69, 9.17) is 0 Å². The molecule has 1 fully saturated rings. The maximum Gasteiger partial charge on any atom is 0.264 e. The summed E-state index contributed by atoms with van der Waals surface area (Å²) in [6.45, 7) is 17.1. The second kappa shape index (κ2) is 13.5. The zero-order valence-electron chi connectivity index (χ0n) is 41.5. The zero-order valence-corrected chi connectivity index (χ0v) is 43.1. The Morgan fingerprint density at radius 1 is 0.521 bits per heavy atom. The first-order valence-corrected chi connectivity index (χ1v) is 27.6. The minimum atomic E-state index is -0.115. The summed E-state index contributed by atoms with van der Waals surface area (Å²) in [7, 11) is 0. The van der Waals surface area contributed by atoms with Crippen molar-refractivity contribution in [2.45, 2.75) is 95.9 Å². The van der Waals surface area contributed by atoms with E-state index in [-0.39, 0.29) is 28.5 Å². The van der Waals surface area contributed by atoms with E-state index in [0.717, 1.165) is 6.42 Å². The Bertz CT molecular complexity index is 4040. The third kappa shape index (κ3) is 4.92. The van der Waals surface area contributed by atoms with Crippen LogP contribution in [0.5, 0.6) is 0 Å². The van der Waals surface area contributed by atoms with E-state index >= 15 is 0 Å². The van der Waals surface area contributed by atoms with E-state index in [2.05, 4.69) is 226 Å². The molecule has 16 rings (SSSR count). The lowest BCUT2D eigenvalue weighted by molar-refractivity contribution is 0.195. The first-order valence-electron chi connectivity index (χ1n) is 25.9. The average Bonchev–Trinajstić information content (AvgIpc) is 4.07. The number of fused-ring (bicyclic) bond motifs is 17. The molecule has 6 heterocycles. The molecule has 0 spiro atoms. The Hall–Kier alpha value is -6.60. The lowest BCUT2D eigenvalue weighted by Crippen LogP contribution is -2.60. The van der Waals surface area contributed by atoms with Gasteiger partial charge in [-0.1, -0.05) is 145 Å². The Balaban J connectivity index is 1.03. The van der Waals surface area contributed by atoms with Crippen molar-refractivity contribution in [3.8, 4) is 22.3 Å². The van der Waals surface area contributed by atoms with Crippen molar-refractivity contribution >= 4 is 121 Å². The number of hydrogen-bond donors (Lipinski definition) is 0. The predicted molar refractivity (Wildman–Crippen MR) is 307 cm³/mol. The molecule has 2 unspecified atom stereocenters. The molecular formula is C65H54BN3S2. The molecule has 0 radical (unpaired) electrons. The van der Waals surface area contributed by atoms with Crippen molar-refractivity contribution in [3.05, 3.63) is 174 Å². The number of nitrogens with zero attached hydrogens (tertiary/aromatic N) is 3. The summed E-state index contributed by atoms with van der Waals surface area (Å²) in [5.41, 5.74) is 24.5. The molecule has 71 heavy (non-hydrogen) atoms. The second-order valence-corrected chi connectivity index (χ2v) is 25.7. The van der Waals surface area contributed by atoms with Crippen molar-refractivity contribution in [2.24, 2.45) is 0 Å². The SMILES string of the molecule is CC(C)(C)c1ccc(N2c3cc4c(cc3C3(C)CCCCC23C)B2c3sc5cc6c(c7c5c3N(c3ccccc3-7)c3cccc(c32)N4c2cccc3sc4ccccc4c23)-c2ccccc2C6(C)C)cc1. The van der Waals surface area contributed by atoms with Crippen LogP contribution in [-0.2, 0) is 16.2 Å². The van der Waals surface area contributed by atoms with Gasteiger partial charge in [-0.05, 0) is 130 Å². The van der Waals surface area contributed by atoms with Crippen molar-refractivity contribution < 1.29 is 0 Å². The third-order valence-corrected chi connectivity index (χ3v) is 21.0. The minimum Gasteiger partial charge on any atom is -0.334 e. The first kappa shape index (κ1) is 41.1. The summed E-state index contributed by atoms with van der Waals surface area (Å²) in [5, 5.41) is 4.08. The highest BCUT2D eigenvalue weighted by molar-refractivity contribution is 7.34. The summed E-state index contributed by atoms with van der Waals surface area (Å²) in [6, 6.07) is 59.5. The molecule has 8 aromatic carbocycles. The van der Waals surface area contributed by atoms with Gasteiger partial charge in [0, 0.05) is 85.4 Å². The molecule has 0 saturated heterocycles. The zero-order chi connectivity index (χ0) is 47.7. The van der Waals surface area contributed by atoms with E-state index in [1.807, 2.05) is 11.3 Å². The fourth-order valence-electron chi connectivity index (χ4n) is 15.1. The smallest absolute Gasteiger partial charge is 0.264 e. The Kier molecular flexibility index (Phi) is 7.79. The molecule has 4 aliphatic heterocycles. The molecule has 344 valence electrons. The summed E-state index contributed by atoms with van der Waals surface area (Å²) in [6.07, 6.45) is 4.82. The van der Waals surface area contributed by atoms with Crippen LogP contribution >= 0.6 is 22.7 Å². The molecule has 2 aliphatic carbocycles. The van der Waals surface area contributed by atoms with Gasteiger partial charge in [0.15, 0.2) is 0 Å². The molecule has 2 aromatic heterocycles. The molecule has 3 nitrogen and oxygen atoms in total. The number of para-hydroxylation sites is 1. The van der Waals surface area contributed by atoms with Gasteiger partial charge in [-0.2, -0.15) is 0 Å². The van der Waals surface area contributed by atoms with Crippen LogP contribution in [0.1, 0.15) is 96.4 Å². The van der Waals surface area contributed by atoms with Crippen molar-refractivity contribution in [3.63, 3.8) is 0 Å². The highest BCUT2D eigenvalue weighted by atomic mass is 32.1. The number of anilines is 8. The fraction of sp³-hybridized carbons (Fsp3) is 0.231. The summed E-state index contributed by atoms with van der Waals surface area (Å²) >= 11 is 3.98. The molecule has 6 heteroatoms. The van der Waals surface area contributed by atoms with Crippen LogP contribution < -0.4 is 30.4 Å². The monoisotopic (exact) mass is 951 g/mol. The Morgan fingerprint density at radius 2 is 1.21 bits per heavy atom. The van der Waals surface area contributed by atoms with Crippen molar-refractivity contribution in [1.29, 1.82) is 0 Å². The van der Waals surface area contributed by atoms with Gasteiger partial charge in [-0.15, -0.1) is 22.7 Å². The van der Waals surface area contributed by atoms with Gasteiger partial charge in [0.05, 0.1) is 22.6 Å². The van der Waals surface area contributed by atoms with Gasteiger partial charge in [0.2, 0.25) is 0 Å². The minimum absolute atomic E-state index is 0.0478. The summed E-state index contributed by atoms with van der Waals surface area (Å²) in [5.74, 6) is 0. The second-order valence-electron chi connectivity index (χ2n) is 23.5. The van der Waals surface area contributed by atoms with E-state index in [9.17, 15) is 0 Å². The highest BCUT2D eigenvalue weighted by Gasteiger charge is 2.59. The van der Waals surface area contributed by atoms with Gasteiger partial charge in [-0.3, -0.25) is 0 Å². The van der Waals surface area contributed by atoms with E-state index in [0.29, 0.717) is 0 Å². The molecular weight excluding hydrogens is 898 g/mol. The largest absolute Gasteiger partial charge is 0.334 e. The highest BCUT2D eigenvalue weighted by Crippen LogP contribution is 2.64. The van der Waals surface area contributed by atoms with Crippen LogP contribution in [0.25, 0.3) is 52.5 Å². The van der Waals surface area contributed by atoms with Crippen LogP contribution in [0.3, 0.4) is 0 Å². The van der Waals surface area contributed by atoms with E-state index in [1.165, 1.54) is 155 Å². The number of benzene rings is 8. The van der Waals surface area contributed by atoms with Gasteiger partial charge in [0.25, 0.3) is 6.71 Å². The quantitative estimate of drug-likeness (QED) is 0.160. The third-order valence-electron chi connectivity index (χ3n) is 18.7. The molecule has 10 aromatic rings. The normalized spacial score (nSPS) is 20.5.